The van der Waals surface area contributed by atoms with Crippen molar-refractivity contribution >= 4 is 29.4 Å². The Hall–Kier alpha value is -4.64. The minimum atomic E-state index is -0.771. The number of imide groups is 1. The van der Waals surface area contributed by atoms with Crippen molar-refractivity contribution in [1.29, 1.82) is 0 Å². The monoisotopic (exact) mass is 749 g/mol. The van der Waals surface area contributed by atoms with Crippen LogP contribution < -0.4 is 10.6 Å². The van der Waals surface area contributed by atoms with Crippen LogP contribution in [0.15, 0.2) is 97.1 Å². The largest absolute Gasteiger partial charge is 0.481 e. The standard InChI is InChI=1S/C45H57N5O5/c1-50(2,31-12-26-49-42(53)39-18-9-10-19-40(39)43(49)54)32-30-48(38-23-21-34(22-24-38)13-11-20-41(51)52)29-28-47-27-25-37(33-47)45(44(46)55,35-14-5-3-6-15-35)36-16-7-4-8-17-36/h3-10,14,16,18-19,21-24,35-37H,11-13,15,17,20,25-33H2,1-2H3,(H2-,46,51,52,55)/p+2. The normalized spacial score (nSPS) is 21.9. The van der Waals surface area contributed by atoms with E-state index in [1.54, 1.807) is 24.3 Å². The quantitative estimate of drug-likeness (QED) is 0.153. The van der Waals surface area contributed by atoms with Crippen molar-refractivity contribution < 1.29 is 34.5 Å². The number of nitrogens with zero attached hydrogens (tertiary/aromatic N) is 4. The van der Waals surface area contributed by atoms with Crippen LogP contribution in [0.4, 0.5) is 5.69 Å². The molecule has 292 valence electrons. The summed E-state index contributed by atoms with van der Waals surface area (Å²) >= 11 is 0. The lowest BCUT2D eigenvalue weighted by Crippen LogP contribution is -2.70. The molecule has 10 heteroatoms. The van der Waals surface area contributed by atoms with E-state index in [0.29, 0.717) is 30.5 Å². The molecule has 3 unspecified atom stereocenters. The first-order valence-electron chi connectivity index (χ1n) is 20.1. The van der Waals surface area contributed by atoms with E-state index >= 15 is 0 Å². The zero-order chi connectivity index (χ0) is 39.0. The Kier molecular flexibility index (Phi) is 13.0. The van der Waals surface area contributed by atoms with Crippen LogP contribution in [-0.2, 0) is 16.0 Å². The zero-order valence-electron chi connectivity index (χ0n) is 32.7. The predicted octanol–water partition coefficient (Wildman–Crippen LogP) is 5.00. The summed E-state index contributed by atoms with van der Waals surface area (Å²) in [6, 6.07) is 15.6. The molecule has 0 bridgehead atoms. The van der Waals surface area contributed by atoms with E-state index in [1.807, 2.05) is 0 Å². The van der Waals surface area contributed by atoms with Gasteiger partial charge in [0.15, 0.2) is 0 Å². The summed E-state index contributed by atoms with van der Waals surface area (Å²) < 4.78 is 0.736. The molecule has 0 radical (unpaired) electrons. The second-order valence-corrected chi connectivity index (χ2v) is 16.4. The number of benzene rings is 2. The van der Waals surface area contributed by atoms with Crippen LogP contribution in [0.2, 0.25) is 0 Å². The molecule has 2 heterocycles. The number of rotatable bonds is 19. The number of carbonyl (C=O) groups excluding carboxylic acids is 3. The first-order chi connectivity index (χ1) is 26.5. The number of likely N-dealkylation sites (N-methyl/N-ethyl adjacent to an activating group) is 1. The smallest absolute Gasteiger partial charge is 0.316 e. The summed E-state index contributed by atoms with van der Waals surface area (Å²) in [6.45, 7) is 6.38. The molecule has 2 aliphatic carbocycles. The Morgan fingerprint density at radius 3 is 2.05 bits per heavy atom. The van der Waals surface area contributed by atoms with E-state index in [-0.39, 0.29) is 41.9 Å². The Morgan fingerprint density at radius 1 is 0.855 bits per heavy atom. The van der Waals surface area contributed by atoms with Crippen molar-refractivity contribution in [2.75, 3.05) is 71.4 Å². The van der Waals surface area contributed by atoms with Crippen LogP contribution in [0, 0.1) is 23.2 Å². The fraction of sp³-hybridized carbons (Fsp3) is 0.467. The van der Waals surface area contributed by atoms with Crippen molar-refractivity contribution in [2.24, 2.45) is 23.2 Å². The summed E-state index contributed by atoms with van der Waals surface area (Å²) in [5, 5.41) is 9.10. The van der Waals surface area contributed by atoms with E-state index in [4.69, 9.17) is 5.11 Å². The topological polar surface area (TPSA) is 126 Å². The highest BCUT2D eigenvalue weighted by atomic mass is 16.4. The summed E-state index contributed by atoms with van der Waals surface area (Å²) in [7, 11) is 4.41. The molecule has 10 nitrogen and oxygen atoms in total. The molecule has 4 aliphatic rings. The predicted molar refractivity (Wildman–Crippen MR) is 215 cm³/mol. The maximum Gasteiger partial charge on any atom is 0.316 e. The van der Waals surface area contributed by atoms with Gasteiger partial charge < -0.3 is 19.4 Å². The molecule has 1 saturated heterocycles. The molecular weight excluding hydrogens is 691 g/mol. The molecule has 1 fully saturated rings. The van der Waals surface area contributed by atoms with Gasteiger partial charge in [-0.25, -0.2) is 4.79 Å². The van der Waals surface area contributed by atoms with Crippen LogP contribution >= 0.6 is 0 Å². The summed E-state index contributed by atoms with van der Waals surface area (Å²) in [5.74, 6) is -0.676. The minimum Gasteiger partial charge on any atom is -0.481 e. The van der Waals surface area contributed by atoms with Crippen molar-refractivity contribution in [2.45, 2.75) is 44.9 Å². The van der Waals surface area contributed by atoms with Gasteiger partial charge in [-0.2, -0.15) is 0 Å². The molecule has 0 aromatic heterocycles. The zero-order valence-corrected chi connectivity index (χ0v) is 32.7. The van der Waals surface area contributed by atoms with Gasteiger partial charge in [-0.1, -0.05) is 72.9 Å². The third kappa shape index (κ3) is 9.26. The van der Waals surface area contributed by atoms with E-state index in [1.165, 1.54) is 4.90 Å². The molecule has 3 amide bonds. The number of aryl methyl sites for hydroxylation is 1. The maximum atomic E-state index is 13.8. The molecule has 6 rings (SSSR count). The highest BCUT2D eigenvalue weighted by Gasteiger charge is 2.57. The number of anilines is 1. The third-order valence-electron chi connectivity index (χ3n) is 12.5. The van der Waals surface area contributed by atoms with Crippen LogP contribution in [0.3, 0.4) is 0 Å². The molecule has 0 saturated carbocycles. The summed E-state index contributed by atoms with van der Waals surface area (Å²) in [4.78, 5) is 57.1. The fourth-order valence-corrected chi connectivity index (χ4v) is 9.37. The molecule has 2 aromatic rings. The van der Waals surface area contributed by atoms with Gasteiger partial charge in [0.05, 0.1) is 44.9 Å². The van der Waals surface area contributed by atoms with Gasteiger partial charge in [-0.05, 0) is 86.2 Å². The average Bonchev–Trinajstić information content (AvgIpc) is 3.75. The Bertz CT molecular complexity index is 1760. The Labute approximate surface area is 326 Å². The van der Waals surface area contributed by atoms with E-state index in [9.17, 15) is 19.2 Å². The highest BCUT2D eigenvalue weighted by Crippen LogP contribution is 2.51. The van der Waals surface area contributed by atoms with Crippen molar-refractivity contribution in [3.8, 4) is 0 Å². The van der Waals surface area contributed by atoms with Crippen LogP contribution in [-0.4, -0.2) is 110 Å². The maximum absolute atomic E-state index is 13.8. The van der Waals surface area contributed by atoms with Crippen molar-refractivity contribution in [3.05, 3.63) is 114 Å². The number of hydrogen-bond acceptors (Lipinski definition) is 6. The number of fused-ring (bicyclic) bond motifs is 1. The van der Waals surface area contributed by atoms with Crippen LogP contribution in [0.25, 0.3) is 0 Å². The number of carbonyl (C=O) groups is 4. The second-order valence-electron chi connectivity index (χ2n) is 16.4. The number of aliphatic carboxylic acids is 1. The lowest BCUT2D eigenvalue weighted by Gasteiger charge is -2.45. The lowest BCUT2D eigenvalue weighted by molar-refractivity contribution is -0.889. The SMILES string of the molecule is C[N+](C)(CCCN1C(=O)c2ccccc2C1=O)CCN(CCN1CCC(C(C([NH3+])=O)(C2C=CC=CC2)C2C=CC=CC2)C1)c1ccc(CCCC(=O)O)cc1. The Balaban J connectivity index is 1.11. The fourth-order valence-electron chi connectivity index (χ4n) is 9.37. The first-order valence-corrected chi connectivity index (χ1v) is 20.1. The average molecular weight is 750 g/mol. The van der Waals surface area contributed by atoms with Gasteiger partial charge in [0, 0.05) is 44.7 Å². The first kappa shape index (κ1) is 40.0. The number of allylic oxidation sites excluding steroid dienone is 8. The number of quaternary nitrogens is 2. The van der Waals surface area contributed by atoms with Gasteiger partial charge in [-0.15, -0.1) is 0 Å². The second kappa shape index (κ2) is 17.9. The van der Waals surface area contributed by atoms with E-state index < -0.39 is 11.4 Å². The minimum absolute atomic E-state index is 0.0577. The number of hydrogen-bond donors (Lipinski definition) is 2. The molecule has 55 heavy (non-hydrogen) atoms. The number of carboxylic acid groups (broad SMARTS) is 1. The van der Waals surface area contributed by atoms with Gasteiger partial charge in [0.2, 0.25) is 0 Å². The van der Waals surface area contributed by atoms with Crippen LogP contribution in [0.1, 0.15) is 64.8 Å². The summed E-state index contributed by atoms with van der Waals surface area (Å²) in [5.41, 5.74) is 6.82. The van der Waals surface area contributed by atoms with Crippen LogP contribution in [0.5, 0.6) is 0 Å². The lowest BCUT2D eigenvalue weighted by atomic mass is 9.56. The molecule has 2 aromatic carbocycles. The number of likely N-dealkylation sites (tertiary alicyclic amines) is 1. The van der Waals surface area contributed by atoms with Gasteiger partial charge >= 0.3 is 11.9 Å². The van der Waals surface area contributed by atoms with E-state index in [0.717, 1.165) is 87.2 Å². The number of carboxylic acids is 1. The van der Waals surface area contributed by atoms with Gasteiger partial charge in [-0.3, -0.25) is 25.0 Å². The van der Waals surface area contributed by atoms with E-state index in [2.05, 4.69) is 103 Å². The molecule has 0 spiro atoms. The van der Waals surface area contributed by atoms with Crippen molar-refractivity contribution in [1.82, 2.24) is 9.80 Å². The molecule has 2 aliphatic heterocycles. The van der Waals surface area contributed by atoms with Gasteiger partial charge in [0.25, 0.3) is 11.8 Å². The van der Waals surface area contributed by atoms with Crippen molar-refractivity contribution in [3.63, 3.8) is 0 Å². The highest BCUT2D eigenvalue weighted by molar-refractivity contribution is 6.21. The third-order valence-corrected chi connectivity index (χ3v) is 12.5. The summed E-state index contributed by atoms with van der Waals surface area (Å²) in [6.07, 6.45) is 22.1. The molecular formula is C45H59N5O5+2. The Morgan fingerprint density at radius 2 is 1.49 bits per heavy atom. The number of amides is 3. The molecule has 4 N–H and O–H groups in total. The van der Waals surface area contributed by atoms with Gasteiger partial charge in [0.1, 0.15) is 5.41 Å². The molecule has 3 atom stereocenters.